The van der Waals surface area contributed by atoms with Crippen molar-refractivity contribution in [3.63, 3.8) is 0 Å². The van der Waals surface area contributed by atoms with Gasteiger partial charge in [-0.1, -0.05) is 24.3 Å². The van der Waals surface area contributed by atoms with E-state index in [2.05, 4.69) is 21.7 Å². The summed E-state index contributed by atoms with van der Waals surface area (Å²) in [5.74, 6) is -1.00. The van der Waals surface area contributed by atoms with Crippen molar-refractivity contribution in [2.24, 2.45) is 0 Å². The first-order chi connectivity index (χ1) is 13.6. The SMILES string of the molecule is COC(=O)c1ccccc1NC(=O)c1ccc(Nc2ccccc2C#N)cn1. The zero-order valence-corrected chi connectivity index (χ0v) is 15.0. The topological polar surface area (TPSA) is 104 Å². The Morgan fingerprint density at radius 1 is 1.00 bits per heavy atom. The summed E-state index contributed by atoms with van der Waals surface area (Å²) in [5.41, 5.74) is 2.56. The van der Waals surface area contributed by atoms with Crippen molar-refractivity contribution in [2.45, 2.75) is 0 Å². The monoisotopic (exact) mass is 372 g/mol. The zero-order chi connectivity index (χ0) is 19.9. The Labute approximate surface area is 161 Å². The van der Waals surface area contributed by atoms with Crippen molar-refractivity contribution in [2.75, 3.05) is 17.7 Å². The summed E-state index contributed by atoms with van der Waals surface area (Å²) >= 11 is 0. The van der Waals surface area contributed by atoms with Gasteiger partial charge in [-0.2, -0.15) is 5.26 Å². The van der Waals surface area contributed by atoms with Gasteiger partial charge in [-0.15, -0.1) is 0 Å². The summed E-state index contributed by atoms with van der Waals surface area (Å²) in [6.45, 7) is 0. The summed E-state index contributed by atoms with van der Waals surface area (Å²) in [4.78, 5) is 28.4. The molecule has 2 aromatic carbocycles. The molecule has 1 amide bonds. The molecule has 0 aliphatic heterocycles. The maximum absolute atomic E-state index is 12.5. The van der Waals surface area contributed by atoms with E-state index in [0.29, 0.717) is 22.6 Å². The van der Waals surface area contributed by atoms with Crippen LogP contribution in [0, 0.1) is 11.3 Å². The zero-order valence-electron chi connectivity index (χ0n) is 15.0. The number of carbonyl (C=O) groups excluding carboxylic acids is 2. The minimum atomic E-state index is -0.542. The van der Waals surface area contributed by atoms with Crippen LogP contribution in [-0.2, 0) is 4.74 Å². The number of esters is 1. The van der Waals surface area contributed by atoms with Crippen LogP contribution in [0.1, 0.15) is 26.4 Å². The lowest BCUT2D eigenvalue weighted by molar-refractivity contribution is 0.0602. The highest BCUT2D eigenvalue weighted by molar-refractivity contribution is 6.07. The lowest BCUT2D eigenvalue weighted by Gasteiger charge is -2.10. The molecule has 0 aliphatic rings. The number of pyridine rings is 1. The fourth-order valence-corrected chi connectivity index (χ4v) is 2.51. The number of ether oxygens (including phenoxy) is 1. The van der Waals surface area contributed by atoms with E-state index in [0.717, 1.165) is 0 Å². The summed E-state index contributed by atoms with van der Waals surface area (Å²) in [6.07, 6.45) is 1.50. The number of aromatic nitrogens is 1. The van der Waals surface area contributed by atoms with Crippen LogP contribution in [0.4, 0.5) is 17.1 Å². The molecule has 1 heterocycles. The minimum Gasteiger partial charge on any atom is -0.465 e. The number of rotatable bonds is 5. The van der Waals surface area contributed by atoms with E-state index in [4.69, 9.17) is 10.00 Å². The second-order valence-corrected chi connectivity index (χ2v) is 5.71. The Morgan fingerprint density at radius 2 is 1.71 bits per heavy atom. The number of hydrogen-bond acceptors (Lipinski definition) is 6. The fourth-order valence-electron chi connectivity index (χ4n) is 2.51. The third-order valence-electron chi connectivity index (χ3n) is 3.90. The molecule has 138 valence electrons. The standard InChI is InChI=1S/C21H16N4O3/c1-28-21(27)16-7-3-5-9-18(16)25-20(26)19-11-10-15(13-23-19)24-17-8-4-2-6-14(17)12-22/h2-11,13,24H,1H3,(H,25,26). The number of nitrogens with zero attached hydrogens (tertiary/aromatic N) is 2. The van der Waals surface area contributed by atoms with Gasteiger partial charge in [0.15, 0.2) is 0 Å². The van der Waals surface area contributed by atoms with E-state index in [9.17, 15) is 9.59 Å². The van der Waals surface area contributed by atoms with E-state index in [1.807, 2.05) is 6.07 Å². The van der Waals surface area contributed by atoms with Crippen molar-refractivity contribution < 1.29 is 14.3 Å². The molecule has 0 spiro atoms. The molecule has 0 unspecified atom stereocenters. The number of anilines is 3. The Hall–Kier alpha value is -4.18. The fraction of sp³-hybridized carbons (Fsp3) is 0.0476. The predicted molar refractivity (Wildman–Crippen MR) is 104 cm³/mol. The molecular formula is C21H16N4O3. The van der Waals surface area contributed by atoms with Gasteiger partial charge in [0, 0.05) is 0 Å². The average Bonchev–Trinajstić information content (AvgIpc) is 2.74. The van der Waals surface area contributed by atoms with E-state index in [1.165, 1.54) is 13.3 Å². The van der Waals surface area contributed by atoms with Crippen LogP contribution in [0.15, 0.2) is 66.9 Å². The van der Waals surface area contributed by atoms with Gasteiger partial charge in [-0.25, -0.2) is 9.78 Å². The Balaban J connectivity index is 1.75. The molecule has 3 aromatic rings. The van der Waals surface area contributed by atoms with Crippen LogP contribution in [0.5, 0.6) is 0 Å². The van der Waals surface area contributed by atoms with E-state index < -0.39 is 11.9 Å². The molecule has 0 atom stereocenters. The quantitative estimate of drug-likeness (QED) is 0.661. The highest BCUT2D eigenvalue weighted by atomic mass is 16.5. The lowest BCUT2D eigenvalue weighted by atomic mass is 10.1. The third-order valence-corrected chi connectivity index (χ3v) is 3.90. The number of amides is 1. The lowest BCUT2D eigenvalue weighted by Crippen LogP contribution is -2.16. The molecule has 3 rings (SSSR count). The average molecular weight is 372 g/mol. The summed E-state index contributed by atoms with van der Waals surface area (Å²) in [7, 11) is 1.28. The van der Waals surface area contributed by atoms with Crippen LogP contribution in [0.3, 0.4) is 0 Å². The van der Waals surface area contributed by atoms with Gasteiger partial charge >= 0.3 is 5.97 Å². The number of para-hydroxylation sites is 2. The van der Waals surface area contributed by atoms with Crippen LogP contribution in [-0.4, -0.2) is 24.0 Å². The first kappa shape index (κ1) is 18.6. The van der Waals surface area contributed by atoms with E-state index in [-0.39, 0.29) is 11.3 Å². The molecule has 0 fully saturated rings. The summed E-state index contributed by atoms with van der Waals surface area (Å²) in [5, 5.41) is 14.9. The van der Waals surface area contributed by atoms with Gasteiger partial charge in [-0.05, 0) is 36.4 Å². The molecule has 7 nitrogen and oxygen atoms in total. The van der Waals surface area contributed by atoms with Gasteiger partial charge in [0.1, 0.15) is 11.8 Å². The number of methoxy groups -OCH3 is 1. The number of carbonyl (C=O) groups is 2. The smallest absolute Gasteiger partial charge is 0.339 e. The highest BCUT2D eigenvalue weighted by Crippen LogP contribution is 2.20. The minimum absolute atomic E-state index is 0.179. The van der Waals surface area contributed by atoms with Gasteiger partial charge in [0.25, 0.3) is 5.91 Å². The van der Waals surface area contributed by atoms with Crippen LogP contribution in [0.2, 0.25) is 0 Å². The Bertz CT molecular complexity index is 1060. The molecule has 2 N–H and O–H groups in total. The van der Waals surface area contributed by atoms with Crippen molar-refractivity contribution in [1.82, 2.24) is 4.98 Å². The molecule has 7 heteroatoms. The van der Waals surface area contributed by atoms with Crippen LogP contribution in [0.25, 0.3) is 0 Å². The maximum Gasteiger partial charge on any atom is 0.339 e. The van der Waals surface area contributed by atoms with Crippen LogP contribution < -0.4 is 10.6 Å². The van der Waals surface area contributed by atoms with E-state index >= 15 is 0 Å². The summed E-state index contributed by atoms with van der Waals surface area (Å²) < 4.78 is 4.72. The van der Waals surface area contributed by atoms with Gasteiger partial charge in [0.2, 0.25) is 0 Å². The van der Waals surface area contributed by atoms with Gasteiger partial charge in [0.05, 0.1) is 41.5 Å². The highest BCUT2D eigenvalue weighted by Gasteiger charge is 2.15. The number of nitriles is 1. The first-order valence-electron chi connectivity index (χ1n) is 8.33. The second-order valence-electron chi connectivity index (χ2n) is 5.71. The number of benzene rings is 2. The van der Waals surface area contributed by atoms with Crippen LogP contribution >= 0.6 is 0 Å². The van der Waals surface area contributed by atoms with Gasteiger partial charge in [-0.3, -0.25) is 4.79 Å². The van der Waals surface area contributed by atoms with E-state index in [1.54, 1.807) is 54.6 Å². The number of hydrogen-bond donors (Lipinski definition) is 2. The molecule has 0 saturated carbocycles. The molecular weight excluding hydrogens is 356 g/mol. The third kappa shape index (κ3) is 4.14. The normalized spacial score (nSPS) is 9.86. The van der Waals surface area contributed by atoms with Crippen molar-refractivity contribution in [1.29, 1.82) is 5.26 Å². The first-order valence-corrected chi connectivity index (χ1v) is 8.33. The molecule has 0 bridgehead atoms. The Morgan fingerprint density at radius 3 is 2.39 bits per heavy atom. The van der Waals surface area contributed by atoms with Crippen molar-refractivity contribution in [3.05, 3.63) is 83.7 Å². The van der Waals surface area contributed by atoms with Gasteiger partial charge < -0.3 is 15.4 Å². The summed E-state index contributed by atoms with van der Waals surface area (Å²) in [6, 6.07) is 19.0. The molecule has 0 radical (unpaired) electrons. The second kappa shape index (κ2) is 8.47. The molecule has 0 saturated heterocycles. The largest absolute Gasteiger partial charge is 0.465 e. The Kier molecular flexibility index (Phi) is 5.63. The molecule has 0 aliphatic carbocycles. The van der Waals surface area contributed by atoms with Crippen molar-refractivity contribution >= 4 is 28.9 Å². The molecule has 1 aromatic heterocycles. The van der Waals surface area contributed by atoms with Crippen molar-refractivity contribution in [3.8, 4) is 6.07 Å². The predicted octanol–water partition coefficient (Wildman–Crippen LogP) is 3.74. The maximum atomic E-state index is 12.5. The molecule has 28 heavy (non-hydrogen) atoms. The number of nitrogens with one attached hydrogen (secondary N) is 2.